The highest BCUT2D eigenvalue weighted by molar-refractivity contribution is 7.92. The number of amides is 1. The van der Waals surface area contributed by atoms with Crippen LogP contribution in [0.1, 0.15) is 18.9 Å². The summed E-state index contributed by atoms with van der Waals surface area (Å²) >= 11 is 0. The predicted octanol–water partition coefficient (Wildman–Crippen LogP) is 2.28. The lowest BCUT2D eigenvalue weighted by atomic mass is 9.94. The average Bonchev–Trinajstić information content (AvgIpc) is 2.77. The summed E-state index contributed by atoms with van der Waals surface area (Å²) in [5, 5.41) is 13.4. The fourth-order valence-corrected chi connectivity index (χ4v) is 4.66. The summed E-state index contributed by atoms with van der Waals surface area (Å²) in [5.41, 5.74) is 4.26. The summed E-state index contributed by atoms with van der Waals surface area (Å²) in [4.78, 5) is 11.4. The van der Waals surface area contributed by atoms with E-state index in [1.807, 2.05) is 13.0 Å². The van der Waals surface area contributed by atoms with Gasteiger partial charge in [0.2, 0.25) is 5.91 Å². The van der Waals surface area contributed by atoms with Gasteiger partial charge in [0.25, 0.3) is 10.0 Å². The molecule has 3 rings (SSSR count). The number of carbonyl (C=O) groups is 1. The SMILES string of the molecule is COc1ccc(S(=O)(=O)N(CC#N)c2ccc(C3=NNC(=O)CC3C)cc2)cc1OC. The number of hydrogen-bond donors (Lipinski definition) is 1. The van der Waals surface area contributed by atoms with Crippen LogP contribution in [0, 0.1) is 17.2 Å². The molecule has 0 radical (unpaired) electrons. The fraction of sp³-hybridized carbons (Fsp3) is 0.286. The van der Waals surface area contributed by atoms with E-state index in [0.29, 0.717) is 23.6 Å². The molecule has 0 aromatic heterocycles. The maximum atomic E-state index is 13.3. The van der Waals surface area contributed by atoms with Crippen molar-refractivity contribution < 1.29 is 22.7 Å². The Hall–Kier alpha value is -3.58. The van der Waals surface area contributed by atoms with Gasteiger partial charge in [-0.15, -0.1) is 0 Å². The van der Waals surface area contributed by atoms with Gasteiger partial charge in [0.05, 0.1) is 36.6 Å². The number of nitrogens with one attached hydrogen (secondary N) is 1. The number of rotatable bonds is 7. The van der Waals surface area contributed by atoms with Crippen molar-refractivity contribution in [1.29, 1.82) is 5.26 Å². The topological polar surface area (TPSA) is 121 Å². The Labute approximate surface area is 180 Å². The quantitative estimate of drug-likeness (QED) is 0.657. The molecule has 2 aromatic carbocycles. The van der Waals surface area contributed by atoms with E-state index in [1.54, 1.807) is 24.3 Å². The minimum Gasteiger partial charge on any atom is -0.493 e. The fourth-order valence-electron chi connectivity index (χ4n) is 3.28. The van der Waals surface area contributed by atoms with Crippen LogP contribution in [-0.2, 0) is 14.8 Å². The largest absolute Gasteiger partial charge is 0.493 e. The van der Waals surface area contributed by atoms with Crippen LogP contribution in [0.2, 0.25) is 0 Å². The Balaban J connectivity index is 1.97. The third-order valence-electron chi connectivity index (χ3n) is 4.87. The first-order valence-electron chi connectivity index (χ1n) is 9.40. The number of hydrazone groups is 1. The van der Waals surface area contributed by atoms with Crippen LogP contribution in [0.3, 0.4) is 0 Å². The number of nitrogens with zero attached hydrogens (tertiary/aromatic N) is 3. The van der Waals surface area contributed by atoms with Gasteiger partial charge in [0, 0.05) is 18.4 Å². The van der Waals surface area contributed by atoms with Gasteiger partial charge >= 0.3 is 0 Å². The Morgan fingerprint density at radius 2 is 1.84 bits per heavy atom. The summed E-state index contributed by atoms with van der Waals surface area (Å²) in [6.45, 7) is 1.53. The number of anilines is 1. The number of hydrogen-bond acceptors (Lipinski definition) is 7. The van der Waals surface area contributed by atoms with Crippen LogP contribution in [-0.4, -0.2) is 40.8 Å². The molecule has 1 aliphatic rings. The first-order chi connectivity index (χ1) is 14.8. The molecule has 9 nitrogen and oxygen atoms in total. The molecule has 0 bridgehead atoms. The molecule has 1 heterocycles. The second-order valence-electron chi connectivity index (χ2n) is 6.87. The zero-order chi connectivity index (χ0) is 22.6. The summed E-state index contributed by atoms with van der Waals surface area (Å²) in [7, 11) is -1.17. The van der Waals surface area contributed by atoms with Gasteiger partial charge in [-0.1, -0.05) is 19.1 Å². The molecular weight excluding hydrogens is 420 g/mol. The van der Waals surface area contributed by atoms with E-state index in [1.165, 1.54) is 32.4 Å². The van der Waals surface area contributed by atoms with Crippen LogP contribution < -0.4 is 19.2 Å². The van der Waals surface area contributed by atoms with Crippen molar-refractivity contribution in [2.24, 2.45) is 11.0 Å². The lowest BCUT2D eigenvalue weighted by Gasteiger charge is -2.23. The number of nitriles is 1. The van der Waals surface area contributed by atoms with Crippen LogP contribution in [0.5, 0.6) is 11.5 Å². The van der Waals surface area contributed by atoms with Gasteiger partial charge in [0.15, 0.2) is 11.5 Å². The minimum atomic E-state index is -4.04. The molecule has 162 valence electrons. The number of sulfonamides is 1. The molecule has 1 atom stereocenters. The highest BCUT2D eigenvalue weighted by Gasteiger charge is 2.27. The van der Waals surface area contributed by atoms with Crippen molar-refractivity contribution in [3.63, 3.8) is 0 Å². The zero-order valence-corrected chi connectivity index (χ0v) is 18.1. The summed E-state index contributed by atoms with van der Waals surface area (Å²) in [6, 6.07) is 12.8. The van der Waals surface area contributed by atoms with E-state index in [0.717, 1.165) is 9.87 Å². The maximum Gasteiger partial charge on any atom is 0.265 e. The number of methoxy groups -OCH3 is 2. The van der Waals surface area contributed by atoms with E-state index in [4.69, 9.17) is 9.47 Å². The van der Waals surface area contributed by atoms with Gasteiger partial charge in [-0.2, -0.15) is 10.4 Å². The van der Waals surface area contributed by atoms with Gasteiger partial charge in [0.1, 0.15) is 6.54 Å². The zero-order valence-electron chi connectivity index (χ0n) is 17.3. The molecule has 0 fully saturated rings. The van der Waals surface area contributed by atoms with Crippen LogP contribution in [0.15, 0.2) is 52.5 Å². The molecule has 31 heavy (non-hydrogen) atoms. The molecular formula is C21H22N4O5S. The van der Waals surface area contributed by atoms with Crippen molar-refractivity contribution in [3.8, 4) is 17.6 Å². The highest BCUT2D eigenvalue weighted by Crippen LogP contribution is 2.32. The van der Waals surface area contributed by atoms with Crippen molar-refractivity contribution in [1.82, 2.24) is 5.43 Å². The van der Waals surface area contributed by atoms with Crippen LogP contribution in [0.4, 0.5) is 5.69 Å². The molecule has 1 amide bonds. The molecule has 1 aliphatic heterocycles. The highest BCUT2D eigenvalue weighted by atomic mass is 32.2. The lowest BCUT2D eigenvalue weighted by Crippen LogP contribution is -2.32. The lowest BCUT2D eigenvalue weighted by molar-refractivity contribution is -0.121. The molecule has 0 saturated heterocycles. The predicted molar refractivity (Wildman–Crippen MR) is 115 cm³/mol. The number of carbonyl (C=O) groups excluding carboxylic acids is 1. The molecule has 0 aliphatic carbocycles. The molecule has 10 heteroatoms. The third kappa shape index (κ3) is 4.46. The summed E-state index contributed by atoms with van der Waals surface area (Å²) in [6.07, 6.45) is 0.328. The van der Waals surface area contributed by atoms with E-state index in [-0.39, 0.29) is 29.0 Å². The van der Waals surface area contributed by atoms with Crippen molar-refractivity contribution in [3.05, 3.63) is 48.0 Å². The standard InChI is InChI=1S/C21H22N4O5S/c1-14-12-20(26)23-24-21(14)15-4-6-16(7-5-15)25(11-10-22)31(27,28)17-8-9-18(29-2)19(13-17)30-3/h4-9,13-14H,11-12H2,1-3H3,(H,23,26). The van der Waals surface area contributed by atoms with E-state index < -0.39 is 10.0 Å². The summed E-state index contributed by atoms with van der Waals surface area (Å²) < 4.78 is 37.9. The first-order valence-corrected chi connectivity index (χ1v) is 10.8. The Morgan fingerprint density at radius 1 is 1.16 bits per heavy atom. The second kappa shape index (κ2) is 9.06. The number of ether oxygens (including phenoxy) is 2. The minimum absolute atomic E-state index is 0.0301. The molecule has 1 N–H and O–H groups in total. The first kappa shape index (κ1) is 22.1. The third-order valence-corrected chi connectivity index (χ3v) is 6.64. The Bertz CT molecular complexity index is 1150. The van der Waals surface area contributed by atoms with E-state index >= 15 is 0 Å². The van der Waals surface area contributed by atoms with Gasteiger partial charge in [-0.25, -0.2) is 13.8 Å². The Kier molecular flexibility index (Phi) is 6.46. The molecule has 0 spiro atoms. The molecule has 2 aromatic rings. The normalized spacial score (nSPS) is 16.0. The average molecular weight is 442 g/mol. The summed E-state index contributed by atoms with van der Waals surface area (Å²) in [5.74, 6) is 0.452. The Morgan fingerprint density at radius 3 is 2.42 bits per heavy atom. The van der Waals surface area contributed by atoms with Gasteiger partial charge < -0.3 is 9.47 Å². The van der Waals surface area contributed by atoms with Crippen molar-refractivity contribution >= 4 is 27.3 Å². The van der Waals surface area contributed by atoms with Gasteiger partial charge in [-0.05, 0) is 29.8 Å². The molecule has 1 unspecified atom stereocenters. The monoisotopic (exact) mass is 442 g/mol. The van der Waals surface area contributed by atoms with Crippen molar-refractivity contribution in [2.75, 3.05) is 25.1 Å². The smallest absolute Gasteiger partial charge is 0.265 e. The maximum absolute atomic E-state index is 13.3. The second-order valence-corrected chi connectivity index (χ2v) is 8.73. The number of benzene rings is 2. The van der Waals surface area contributed by atoms with E-state index in [2.05, 4.69) is 10.5 Å². The van der Waals surface area contributed by atoms with Gasteiger partial charge in [-0.3, -0.25) is 9.10 Å². The van der Waals surface area contributed by atoms with Crippen molar-refractivity contribution in [2.45, 2.75) is 18.2 Å². The van der Waals surface area contributed by atoms with E-state index in [9.17, 15) is 18.5 Å². The molecule has 0 saturated carbocycles. The van der Waals surface area contributed by atoms with Crippen LogP contribution >= 0.6 is 0 Å². The van der Waals surface area contributed by atoms with Crippen LogP contribution in [0.25, 0.3) is 0 Å².